The number of aromatic nitrogens is 2. The van der Waals surface area contributed by atoms with E-state index in [0.717, 1.165) is 5.69 Å². The molecule has 0 saturated carbocycles. The number of carbonyl (C=O) groups is 1. The van der Waals surface area contributed by atoms with E-state index in [1.54, 1.807) is 26.0 Å². The zero-order valence-electron chi connectivity index (χ0n) is 18.0. The molecule has 0 bridgehead atoms. The Bertz CT molecular complexity index is 1140. The highest BCUT2D eigenvalue weighted by molar-refractivity contribution is 8.01. The molecule has 1 amide bonds. The summed E-state index contributed by atoms with van der Waals surface area (Å²) in [7, 11) is -3.52. The molecular formula is C21H25N5O3S3. The summed E-state index contributed by atoms with van der Waals surface area (Å²) in [5.41, 5.74) is 2.64. The van der Waals surface area contributed by atoms with Crippen LogP contribution in [0.15, 0.2) is 57.8 Å². The maximum atomic E-state index is 12.5. The fourth-order valence-corrected chi connectivity index (χ4v) is 5.86. The van der Waals surface area contributed by atoms with Gasteiger partial charge in [0.05, 0.1) is 10.6 Å². The van der Waals surface area contributed by atoms with Crippen molar-refractivity contribution in [3.05, 3.63) is 54.1 Å². The van der Waals surface area contributed by atoms with Crippen molar-refractivity contribution in [2.24, 2.45) is 0 Å². The van der Waals surface area contributed by atoms with Gasteiger partial charge in [-0.1, -0.05) is 54.6 Å². The summed E-state index contributed by atoms with van der Waals surface area (Å²) in [6.45, 7) is 6.43. The summed E-state index contributed by atoms with van der Waals surface area (Å²) in [5.74, 6) is -0.0452. The minimum atomic E-state index is -3.52. The number of nitrogens with one attached hydrogen (secondary N) is 2. The van der Waals surface area contributed by atoms with E-state index in [1.165, 1.54) is 45.1 Å². The summed E-state index contributed by atoms with van der Waals surface area (Å²) in [6, 6.07) is 14.1. The van der Waals surface area contributed by atoms with Gasteiger partial charge in [-0.25, -0.2) is 8.42 Å². The minimum Gasteiger partial charge on any atom is -0.330 e. The van der Waals surface area contributed by atoms with Crippen LogP contribution in [0.1, 0.15) is 19.4 Å². The number of benzene rings is 2. The van der Waals surface area contributed by atoms with Crippen LogP contribution < -0.4 is 10.6 Å². The molecule has 32 heavy (non-hydrogen) atoms. The Kier molecular flexibility index (Phi) is 8.24. The van der Waals surface area contributed by atoms with Gasteiger partial charge in [0.2, 0.25) is 21.1 Å². The smallest absolute Gasteiger partial charge is 0.243 e. The molecule has 1 aromatic heterocycles. The number of anilines is 3. The summed E-state index contributed by atoms with van der Waals surface area (Å²) in [5, 5.41) is 14.8. The van der Waals surface area contributed by atoms with Gasteiger partial charge in [0.25, 0.3) is 0 Å². The van der Waals surface area contributed by atoms with E-state index in [9.17, 15) is 13.2 Å². The number of sulfonamides is 1. The third kappa shape index (κ3) is 6.28. The Morgan fingerprint density at radius 2 is 1.62 bits per heavy atom. The van der Waals surface area contributed by atoms with Crippen molar-refractivity contribution < 1.29 is 13.2 Å². The zero-order chi connectivity index (χ0) is 23.1. The summed E-state index contributed by atoms with van der Waals surface area (Å²) in [6.07, 6.45) is 0. The predicted octanol–water partition coefficient (Wildman–Crippen LogP) is 4.35. The molecule has 0 aliphatic rings. The molecule has 3 aromatic rings. The van der Waals surface area contributed by atoms with Crippen LogP contribution in [-0.2, 0) is 14.8 Å². The van der Waals surface area contributed by atoms with Crippen LogP contribution in [0, 0.1) is 6.92 Å². The lowest BCUT2D eigenvalue weighted by Crippen LogP contribution is -2.30. The maximum Gasteiger partial charge on any atom is 0.243 e. The number of aryl methyl sites for hydroxylation is 1. The van der Waals surface area contributed by atoms with Gasteiger partial charge in [0, 0.05) is 24.5 Å². The third-order valence-electron chi connectivity index (χ3n) is 4.52. The van der Waals surface area contributed by atoms with Crippen molar-refractivity contribution in [1.29, 1.82) is 0 Å². The molecule has 2 N–H and O–H groups in total. The number of thioether (sulfide) groups is 1. The second-order valence-electron chi connectivity index (χ2n) is 6.81. The van der Waals surface area contributed by atoms with E-state index in [-0.39, 0.29) is 16.6 Å². The van der Waals surface area contributed by atoms with Crippen LogP contribution in [0.2, 0.25) is 0 Å². The molecule has 0 aliphatic heterocycles. The van der Waals surface area contributed by atoms with Gasteiger partial charge in [-0.2, -0.15) is 4.31 Å². The second kappa shape index (κ2) is 10.9. The Morgan fingerprint density at radius 1 is 1.00 bits per heavy atom. The molecule has 0 fully saturated rings. The van der Waals surface area contributed by atoms with Gasteiger partial charge in [-0.05, 0) is 43.3 Å². The van der Waals surface area contributed by atoms with Crippen molar-refractivity contribution in [3.63, 3.8) is 0 Å². The van der Waals surface area contributed by atoms with E-state index in [0.29, 0.717) is 28.2 Å². The molecule has 0 aliphatic carbocycles. The highest BCUT2D eigenvalue weighted by Crippen LogP contribution is 2.28. The van der Waals surface area contributed by atoms with E-state index in [2.05, 4.69) is 20.8 Å². The number of hydrogen-bond donors (Lipinski definition) is 2. The first-order chi connectivity index (χ1) is 15.3. The first-order valence-corrected chi connectivity index (χ1v) is 13.3. The van der Waals surface area contributed by atoms with E-state index in [4.69, 9.17) is 0 Å². The van der Waals surface area contributed by atoms with Crippen LogP contribution in [0.25, 0.3) is 0 Å². The Labute approximate surface area is 196 Å². The monoisotopic (exact) mass is 491 g/mol. The summed E-state index contributed by atoms with van der Waals surface area (Å²) in [4.78, 5) is 12.5. The van der Waals surface area contributed by atoms with Crippen molar-refractivity contribution in [3.8, 4) is 0 Å². The molecule has 0 saturated heterocycles. The highest BCUT2D eigenvalue weighted by atomic mass is 32.2. The molecule has 8 nitrogen and oxygen atoms in total. The number of amides is 1. The molecule has 0 unspecified atom stereocenters. The van der Waals surface area contributed by atoms with Crippen LogP contribution in [0.5, 0.6) is 0 Å². The van der Waals surface area contributed by atoms with Crippen molar-refractivity contribution in [2.45, 2.75) is 30.0 Å². The fourth-order valence-electron chi connectivity index (χ4n) is 2.83. The predicted molar refractivity (Wildman–Crippen MR) is 130 cm³/mol. The number of rotatable bonds is 10. The SMILES string of the molecule is CCN(CC)S(=O)(=O)c1ccc(NC(=O)CSc2nnc(Nc3ccc(C)cc3)s2)cc1. The molecule has 170 valence electrons. The molecule has 0 radical (unpaired) electrons. The van der Waals surface area contributed by atoms with Gasteiger partial charge >= 0.3 is 0 Å². The lowest BCUT2D eigenvalue weighted by molar-refractivity contribution is -0.113. The third-order valence-corrected chi connectivity index (χ3v) is 8.55. The molecule has 11 heteroatoms. The second-order valence-corrected chi connectivity index (χ2v) is 11.0. The fraction of sp³-hybridized carbons (Fsp3) is 0.286. The van der Waals surface area contributed by atoms with Gasteiger partial charge in [-0.15, -0.1) is 10.2 Å². The molecule has 2 aromatic carbocycles. The lowest BCUT2D eigenvalue weighted by atomic mass is 10.2. The Balaban J connectivity index is 1.52. The normalized spacial score (nSPS) is 11.5. The maximum absolute atomic E-state index is 12.5. The summed E-state index contributed by atoms with van der Waals surface area (Å²) < 4.78 is 27.1. The highest BCUT2D eigenvalue weighted by Gasteiger charge is 2.21. The first-order valence-electron chi connectivity index (χ1n) is 10.0. The largest absolute Gasteiger partial charge is 0.330 e. The van der Waals surface area contributed by atoms with Crippen LogP contribution >= 0.6 is 23.1 Å². The van der Waals surface area contributed by atoms with Gasteiger partial charge in [0.1, 0.15) is 0 Å². The van der Waals surface area contributed by atoms with Gasteiger partial charge in [0.15, 0.2) is 4.34 Å². The van der Waals surface area contributed by atoms with Crippen molar-refractivity contribution >= 4 is 55.5 Å². The number of hydrogen-bond acceptors (Lipinski definition) is 8. The summed E-state index contributed by atoms with van der Waals surface area (Å²) >= 11 is 2.66. The number of carbonyl (C=O) groups excluding carboxylic acids is 1. The van der Waals surface area contributed by atoms with E-state index < -0.39 is 10.0 Å². The average molecular weight is 492 g/mol. The average Bonchev–Trinajstić information content (AvgIpc) is 3.22. The number of nitrogens with zero attached hydrogens (tertiary/aromatic N) is 3. The standard InChI is InChI=1S/C21H25N5O3S3/c1-4-26(5-2)32(28,29)18-12-10-16(11-13-18)22-19(27)14-30-21-25-24-20(31-21)23-17-8-6-15(3)7-9-17/h6-13H,4-5,14H2,1-3H3,(H,22,27)(H,23,24). The first kappa shape index (κ1) is 24.2. The van der Waals surface area contributed by atoms with Crippen LogP contribution in [-0.4, -0.2) is 47.7 Å². The van der Waals surface area contributed by atoms with Gasteiger partial charge in [-0.3, -0.25) is 4.79 Å². The Morgan fingerprint density at radius 3 is 2.25 bits per heavy atom. The van der Waals surface area contributed by atoms with Crippen LogP contribution in [0.3, 0.4) is 0 Å². The molecule has 1 heterocycles. The van der Waals surface area contributed by atoms with E-state index in [1.807, 2.05) is 31.2 Å². The molecule has 3 rings (SSSR count). The molecule has 0 atom stereocenters. The van der Waals surface area contributed by atoms with E-state index >= 15 is 0 Å². The minimum absolute atomic E-state index is 0.165. The quantitative estimate of drug-likeness (QED) is 0.406. The lowest BCUT2D eigenvalue weighted by Gasteiger charge is -2.18. The van der Waals surface area contributed by atoms with Crippen molar-refractivity contribution in [1.82, 2.24) is 14.5 Å². The van der Waals surface area contributed by atoms with Crippen molar-refractivity contribution in [2.75, 3.05) is 29.5 Å². The molecule has 0 spiro atoms. The van der Waals surface area contributed by atoms with Gasteiger partial charge < -0.3 is 10.6 Å². The topological polar surface area (TPSA) is 104 Å². The molecular weight excluding hydrogens is 466 g/mol. The Hall–Kier alpha value is -2.47. The zero-order valence-corrected chi connectivity index (χ0v) is 20.5. The van der Waals surface area contributed by atoms with Crippen LogP contribution in [0.4, 0.5) is 16.5 Å².